The minimum Gasteiger partial charge on any atom is -0.473 e. The largest absolute Gasteiger partial charge is 0.473 e. The van der Waals surface area contributed by atoms with Gasteiger partial charge in [-0.05, 0) is 31.1 Å². The molecule has 17 heavy (non-hydrogen) atoms. The minimum absolute atomic E-state index is 0.188. The summed E-state index contributed by atoms with van der Waals surface area (Å²) in [4.78, 5) is 7.84. The van der Waals surface area contributed by atoms with E-state index in [-0.39, 0.29) is 12.1 Å². The van der Waals surface area contributed by atoms with Crippen LogP contribution < -0.4 is 10.5 Å². The smallest absolute Gasteiger partial charge is 0.237 e. The second kappa shape index (κ2) is 5.08. The van der Waals surface area contributed by atoms with Crippen molar-refractivity contribution < 1.29 is 4.74 Å². The Morgan fingerprint density at radius 2 is 2.12 bits per heavy atom. The molecule has 0 aliphatic heterocycles. The molecule has 1 fully saturated rings. The van der Waals surface area contributed by atoms with Gasteiger partial charge in [-0.25, -0.2) is 4.98 Å². The zero-order valence-corrected chi connectivity index (χ0v) is 10.9. The van der Waals surface area contributed by atoms with E-state index in [0.29, 0.717) is 16.8 Å². The Bertz CT molecular complexity index is 399. The summed E-state index contributed by atoms with van der Waals surface area (Å²) in [6.45, 7) is 4.55. The van der Waals surface area contributed by atoms with Crippen LogP contribution >= 0.6 is 11.6 Å². The van der Waals surface area contributed by atoms with Gasteiger partial charge < -0.3 is 10.5 Å². The summed E-state index contributed by atoms with van der Waals surface area (Å²) in [6.07, 6.45) is 4.94. The Balaban J connectivity index is 2.03. The molecule has 2 N–H and O–H groups in total. The van der Waals surface area contributed by atoms with E-state index in [1.807, 2.05) is 0 Å². The van der Waals surface area contributed by atoms with Crippen LogP contribution in [0.2, 0.25) is 5.02 Å². The van der Waals surface area contributed by atoms with Crippen molar-refractivity contribution in [2.24, 2.45) is 11.8 Å². The van der Waals surface area contributed by atoms with E-state index in [2.05, 4.69) is 23.8 Å². The van der Waals surface area contributed by atoms with Gasteiger partial charge in [0.2, 0.25) is 11.8 Å². The third kappa shape index (κ3) is 3.00. The molecule has 2 rings (SSSR count). The van der Waals surface area contributed by atoms with E-state index >= 15 is 0 Å². The van der Waals surface area contributed by atoms with Crippen LogP contribution in [0.25, 0.3) is 0 Å². The molecule has 1 aliphatic carbocycles. The highest BCUT2D eigenvalue weighted by molar-refractivity contribution is 6.31. The number of anilines is 1. The van der Waals surface area contributed by atoms with Crippen LogP contribution in [0, 0.1) is 11.8 Å². The summed E-state index contributed by atoms with van der Waals surface area (Å²) in [5, 5.41) is 0.422. The van der Waals surface area contributed by atoms with Crippen molar-refractivity contribution in [1.82, 2.24) is 9.97 Å². The molecule has 0 spiro atoms. The quantitative estimate of drug-likeness (QED) is 0.883. The molecule has 3 atom stereocenters. The van der Waals surface area contributed by atoms with Crippen LogP contribution in [0.1, 0.15) is 33.1 Å². The monoisotopic (exact) mass is 255 g/mol. The summed E-state index contributed by atoms with van der Waals surface area (Å²) in [6, 6.07) is 0. The Kier molecular flexibility index (Phi) is 3.72. The van der Waals surface area contributed by atoms with Crippen molar-refractivity contribution in [3.8, 4) is 5.88 Å². The highest BCUT2D eigenvalue weighted by atomic mass is 35.5. The third-order valence-corrected chi connectivity index (χ3v) is 3.82. The van der Waals surface area contributed by atoms with Crippen LogP contribution in [0.15, 0.2) is 6.20 Å². The van der Waals surface area contributed by atoms with Crippen molar-refractivity contribution in [3.05, 3.63) is 11.2 Å². The van der Waals surface area contributed by atoms with Gasteiger partial charge in [-0.15, -0.1) is 0 Å². The van der Waals surface area contributed by atoms with Gasteiger partial charge in [0.15, 0.2) is 0 Å². The molecule has 1 aromatic rings. The molecule has 94 valence electrons. The summed E-state index contributed by atoms with van der Waals surface area (Å²) >= 11 is 5.97. The van der Waals surface area contributed by atoms with Crippen molar-refractivity contribution in [2.45, 2.75) is 39.2 Å². The number of ether oxygens (including phenoxy) is 1. The van der Waals surface area contributed by atoms with Gasteiger partial charge in [0, 0.05) is 0 Å². The van der Waals surface area contributed by atoms with E-state index in [9.17, 15) is 0 Å². The average Bonchev–Trinajstić information content (AvgIpc) is 2.29. The first-order valence-corrected chi connectivity index (χ1v) is 6.38. The molecule has 0 bridgehead atoms. The summed E-state index contributed by atoms with van der Waals surface area (Å²) < 4.78 is 5.82. The fourth-order valence-corrected chi connectivity index (χ4v) is 2.35. The normalized spacial score (nSPS) is 29.0. The highest BCUT2D eigenvalue weighted by Crippen LogP contribution is 2.33. The number of halogens is 1. The first-order valence-electron chi connectivity index (χ1n) is 6.01. The molecule has 1 aliphatic rings. The van der Waals surface area contributed by atoms with E-state index in [1.54, 1.807) is 0 Å². The third-order valence-electron chi connectivity index (χ3n) is 3.56. The summed E-state index contributed by atoms with van der Waals surface area (Å²) in [7, 11) is 0. The van der Waals surface area contributed by atoms with Crippen LogP contribution in [0.3, 0.4) is 0 Å². The van der Waals surface area contributed by atoms with Gasteiger partial charge in [-0.3, -0.25) is 0 Å². The number of nitrogen functional groups attached to an aromatic ring is 1. The Hall–Kier alpha value is -1.03. The number of hydrogen-bond donors (Lipinski definition) is 1. The fraction of sp³-hybridized carbons (Fsp3) is 0.667. The second-order valence-corrected chi connectivity index (χ2v) is 5.30. The molecule has 5 heteroatoms. The predicted octanol–water partition coefficient (Wildman–Crippen LogP) is 2.92. The summed E-state index contributed by atoms with van der Waals surface area (Å²) in [5.74, 6) is 2.04. The van der Waals surface area contributed by atoms with Crippen molar-refractivity contribution >= 4 is 17.5 Å². The Morgan fingerprint density at radius 3 is 2.82 bits per heavy atom. The van der Waals surface area contributed by atoms with Gasteiger partial charge in [-0.1, -0.05) is 25.4 Å². The lowest BCUT2D eigenvalue weighted by Crippen LogP contribution is -2.29. The van der Waals surface area contributed by atoms with E-state index in [4.69, 9.17) is 22.1 Å². The molecule has 1 aromatic heterocycles. The topological polar surface area (TPSA) is 61.0 Å². The number of nitrogens with zero attached hydrogens (tertiary/aromatic N) is 2. The van der Waals surface area contributed by atoms with E-state index in [1.165, 1.54) is 12.6 Å². The van der Waals surface area contributed by atoms with Gasteiger partial charge >= 0.3 is 0 Å². The van der Waals surface area contributed by atoms with Crippen molar-refractivity contribution in [1.29, 1.82) is 0 Å². The van der Waals surface area contributed by atoms with Crippen LogP contribution in [-0.2, 0) is 0 Å². The average molecular weight is 256 g/mol. The van der Waals surface area contributed by atoms with Gasteiger partial charge in [-0.2, -0.15) is 4.98 Å². The molecular formula is C12H18ClN3O. The van der Waals surface area contributed by atoms with Crippen LogP contribution in [0.4, 0.5) is 5.95 Å². The molecule has 1 heterocycles. The lowest BCUT2D eigenvalue weighted by molar-refractivity contribution is 0.0966. The number of nitrogens with two attached hydrogens (primary N) is 1. The molecule has 0 radical (unpaired) electrons. The molecule has 0 saturated heterocycles. The maximum atomic E-state index is 5.97. The first kappa shape index (κ1) is 12.4. The zero-order chi connectivity index (χ0) is 12.4. The number of rotatable bonds is 2. The number of hydrogen-bond acceptors (Lipinski definition) is 4. The molecular weight excluding hydrogens is 238 g/mol. The minimum atomic E-state index is 0.188. The lowest BCUT2D eigenvalue weighted by atomic mass is 9.80. The highest BCUT2D eigenvalue weighted by Gasteiger charge is 2.26. The van der Waals surface area contributed by atoms with E-state index < -0.39 is 0 Å². The van der Waals surface area contributed by atoms with Gasteiger partial charge in [0.05, 0.1) is 6.20 Å². The SMILES string of the molecule is CC1CCC(Oc2nc(N)ncc2Cl)CC1C. The van der Waals surface area contributed by atoms with Gasteiger partial charge in [0.1, 0.15) is 11.1 Å². The summed E-state index contributed by atoms with van der Waals surface area (Å²) in [5.41, 5.74) is 5.52. The maximum absolute atomic E-state index is 5.97. The standard InChI is InChI=1S/C12H18ClN3O/c1-7-3-4-9(5-8(7)2)17-11-10(13)6-15-12(14)16-11/h6-9H,3-5H2,1-2H3,(H2,14,15,16). The number of aromatic nitrogens is 2. The van der Waals surface area contributed by atoms with Crippen LogP contribution in [-0.4, -0.2) is 16.1 Å². The van der Waals surface area contributed by atoms with Gasteiger partial charge in [0.25, 0.3) is 0 Å². The Labute approximate surface area is 107 Å². The zero-order valence-electron chi connectivity index (χ0n) is 10.2. The van der Waals surface area contributed by atoms with Crippen molar-refractivity contribution in [3.63, 3.8) is 0 Å². The molecule has 1 saturated carbocycles. The van der Waals surface area contributed by atoms with Crippen molar-refractivity contribution in [2.75, 3.05) is 5.73 Å². The maximum Gasteiger partial charge on any atom is 0.237 e. The lowest BCUT2D eigenvalue weighted by Gasteiger charge is -2.32. The first-order chi connectivity index (χ1) is 8.06. The molecule has 0 aromatic carbocycles. The molecule has 4 nitrogen and oxygen atoms in total. The second-order valence-electron chi connectivity index (χ2n) is 4.89. The van der Waals surface area contributed by atoms with Crippen LogP contribution in [0.5, 0.6) is 5.88 Å². The van der Waals surface area contributed by atoms with E-state index in [0.717, 1.165) is 18.8 Å². The molecule has 3 unspecified atom stereocenters. The predicted molar refractivity (Wildman–Crippen MR) is 68.0 cm³/mol. The fourth-order valence-electron chi connectivity index (χ4n) is 2.21. The Morgan fingerprint density at radius 1 is 1.35 bits per heavy atom. The molecule has 0 amide bonds.